The van der Waals surface area contributed by atoms with Gasteiger partial charge in [0.1, 0.15) is 5.75 Å². The molecule has 2 aromatic carbocycles. The van der Waals surface area contributed by atoms with Crippen molar-refractivity contribution in [3.05, 3.63) is 48.0 Å². The molecule has 0 saturated carbocycles. The van der Waals surface area contributed by atoms with Crippen molar-refractivity contribution in [2.24, 2.45) is 0 Å². The van der Waals surface area contributed by atoms with Gasteiger partial charge in [-0.2, -0.15) is 0 Å². The Morgan fingerprint density at radius 3 is 2.32 bits per heavy atom. The number of benzene rings is 2. The second-order valence-electron chi connectivity index (χ2n) is 6.56. The molecule has 6 nitrogen and oxygen atoms in total. The molecular formula is C22H29N3O3. The second-order valence-corrected chi connectivity index (χ2v) is 6.56. The molecule has 0 aliphatic carbocycles. The summed E-state index contributed by atoms with van der Waals surface area (Å²) in [6.07, 6.45) is 2.53. The van der Waals surface area contributed by atoms with Gasteiger partial charge in [-0.1, -0.05) is 26.3 Å². The molecule has 3 N–H and O–H groups in total. The molecule has 2 amide bonds. The van der Waals surface area contributed by atoms with Crippen LogP contribution in [-0.2, 0) is 9.59 Å². The first-order valence-corrected chi connectivity index (χ1v) is 9.69. The van der Waals surface area contributed by atoms with Gasteiger partial charge in [-0.15, -0.1) is 0 Å². The third-order valence-corrected chi connectivity index (χ3v) is 4.19. The molecule has 0 heterocycles. The molecule has 0 fully saturated rings. The molecule has 2 rings (SSSR count). The zero-order chi connectivity index (χ0) is 20.4. The molecule has 0 aliphatic heterocycles. The van der Waals surface area contributed by atoms with Crippen molar-refractivity contribution < 1.29 is 14.3 Å². The standard InChI is InChI=1S/C22H29N3O3/c1-4-6-13-28-19-11-9-17(10-12-19)24-22(27)15-23-18-8-7-16(3)20(14-18)25-21(26)5-2/h7-12,14,23H,4-6,13,15H2,1-3H3,(H,24,27)(H,25,26). The highest BCUT2D eigenvalue weighted by atomic mass is 16.5. The van der Waals surface area contributed by atoms with Crippen molar-refractivity contribution in [3.63, 3.8) is 0 Å². The van der Waals surface area contributed by atoms with E-state index in [0.29, 0.717) is 13.0 Å². The van der Waals surface area contributed by atoms with Gasteiger partial charge in [-0.25, -0.2) is 0 Å². The highest BCUT2D eigenvalue weighted by molar-refractivity contribution is 5.94. The summed E-state index contributed by atoms with van der Waals surface area (Å²) in [7, 11) is 0. The molecule has 0 radical (unpaired) electrons. The lowest BCUT2D eigenvalue weighted by Crippen LogP contribution is -2.21. The Morgan fingerprint density at radius 2 is 1.64 bits per heavy atom. The highest BCUT2D eigenvalue weighted by Gasteiger charge is 2.06. The molecule has 2 aromatic rings. The Hall–Kier alpha value is -3.02. The number of nitrogens with one attached hydrogen (secondary N) is 3. The van der Waals surface area contributed by atoms with Crippen molar-refractivity contribution in [2.75, 3.05) is 29.1 Å². The zero-order valence-electron chi connectivity index (χ0n) is 16.8. The van der Waals surface area contributed by atoms with Gasteiger partial charge in [0.2, 0.25) is 11.8 Å². The van der Waals surface area contributed by atoms with Crippen LogP contribution in [0.2, 0.25) is 0 Å². The summed E-state index contributed by atoms with van der Waals surface area (Å²) in [5, 5.41) is 8.79. The number of hydrogen-bond acceptors (Lipinski definition) is 4. The van der Waals surface area contributed by atoms with Gasteiger partial charge in [-0.05, 0) is 55.3 Å². The summed E-state index contributed by atoms with van der Waals surface area (Å²) < 4.78 is 5.61. The molecule has 6 heteroatoms. The number of unbranched alkanes of at least 4 members (excludes halogenated alkanes) is 1. The number of anilines is 3. The van der Waals surface area contributed by atoms with E-state index >= 15 is 0 Å². The minimum absolute atomic E-state index is 0.0416. The average Bonchev–Trinajstić information content (AvgIpc) is 2.70. The lowest BCUT2D eigenvalue weighted by molar-refractivity contribution is -0.116. The van der Waals surface area contributed by atoms with Crippen LogP contribution in [0.4, 0.5) is 17.1 Å². The summed E-state index contributed by atoms with van der Waals surface area (Å²) >= 11 is 0. The van der Waals surface area contributed by atoms with Gasteiger partial charge in [-0.3, -0.25) is 9.59 Å². The van der Waals surface area contributed by atoms with E-state index in [4.69, 9.17) is 4.74 Å². The molecule has 0 saturated heterocycles. The average molecular weight is 383 g/mol. The monoisotopic (exact) mass is 383 g/mol. The first-order chi connectivity index (χ1) is 13.5. The largest absolute Gasteiger partial charge is 0.494 e. The summed E-state index contributed by atoms with van der Waals surface area (Å²) in [5.74, 6) is 0.602. The Labute approximate surface area is 166 Å². The van der Waals surface area contributed by atoms with E-state index in [2.05, 4.69) is 22.9 Å². The third kappa shape index (κ3) is 6.95. The maximum absolute atomic E-state index is 12.2. The molecule has 0 aliphatic rings. The predicted molar refractivity (Wildman–Crippen MR) is 114 cm³/mol. The fourth-order valence-electron chi connectivity index (χ4n) is 2.46. The van der Waals surface area contributed by atoms with Crippen LogP contribution in [-0.4, -0.2) is 25.0 Å². The lowest BCUT2D eigenvalue weighted by atomic mass is 10.1. The smallest absolute Gasteiger partial charge is 0.243 e. The van der Waals surface area contributed by atoms with E-state index in [0.717, 1.165) is 41.2 Å². The van der Waals surface area contributed by atoms with E-state index < -0.39 is 0 Å². The van der Waals surface area contributed by atoms with E-state index in [9.17, 15) is 9.59 Å². The van der Waals surface area contributed by atoms with Crippen LogP contribution in [0.25, 0.3) is 0 Å². The predicted octanol–water partition coefficient (Wildman–Crippen LogP) is 4.57. The number of ether oxygens (including phenoxy) is 1. The minimum atomic E-state index is -0.153. The zero-order valence-corrected chi connectivity index (χ0v) is 16.8. The van der Waals surface area contributed by atoms with Crippen molar-refractivity contribution >= 4 is 28.9 Å². The number of aryl methyl sites for hydroxylation is 1. The topological polar surface area (TPSA) is 79.5 Å². The van der Waals surface area contributed by atoms with Crippen molar-refractivity contribution in [1.29, 1.82) is 0 Å². The number of carbonyl (C=O) groups excluding carboxylic acids is 2. The Balaban J connectivity index is 1.85. The third-order valence-electron chi connectivity index (χ3n) is 4.19. The van der Waals surface area contributed by atoms with Crippen LogP contribution in [0.1, 0.15) is 38.7 Å². The van der Waals surface area contributed by atoms with E-state index in [1.807, 2.05) is 49.4 Å². The van der Waals surface area contributed by atoms with E-state index in [1.54, 1.807) is 6.92 Å². The fourth-order valence-corrected chi connectivity index (χ4v) is 2.46. The fraction of sp³-hybridized carbons (Fsp3) is 0.364. The maximum atomic E-state index is 12.2. The van der Waals surface area contributed by atoms with Crippen LogP contribution in [0, 0.1) is 6.92 Å². The van der Waals surface area contributed by atoms with Crippen LogP contribution >= 0.6 is 0 Å². The number of carbonyl (C=O) groups is 2. The van der Waals surface area contributed by atoms with Crippen LogP contribution < -0.4 is 20.7 Å². The molecular weight excluding hydrogens is 354 g/mol. The highest BCUT2D eigenvalue weighted by Crippen LogP contribution is 2.20. The molecule has 0 atom stereocenters. The molecule has 0 aromatic heterocycles. The van der Waals surface area contributed by atoms with E-state index in [-0.39, 0.29) is 18.4 Å². The Morgan fingerprint density at radius 1 is 0.929 bits per heavy atom. The van der Waals surface area contributed by atoms with Gasteiger partial charge < -0.3 is 20.7 Å². The van der Waals surface area contributed by atoms with Gasteiger partial charge in [0.15, 0.2) is 0 Å². The van der Waals surface area contributed by atoms with Crippen LogP contribution in [0.15, 0.2) is 42.5 Å². The van der Waals surface area contributed by atoms with Gasteiger partial charge in [0.05, 0.1) is 13.2 Å². The first-order valence-electron chi connectivity index (χ1n) is 9.69. The normalized spacial score (nSPS) is 10.2. The lowest BCUT2D eigenvalue weighted by Gasteiger charge is -2.12. The van der Waals surface area contributed by atoms with Gasteiger partial charge in [0, 0.05) is 23.5 Å². The quantitative estimate of drug-likeness (QED) is 0.525. The molecule has 0 spiro atoms. The van der Waals surface area contributed by atoms with E-state index in [1.165, 1.54) is 0 Å². The summed E-state index contributed by atoms with van der Waals surface area (Å²) in [6, 6.07) is 13.0. The Bertz CT molecular complexity index is 788. The van der Waals surface area contributed by atoms with Gasteiger partial charge >= 0.3 is 0 Å². The second kappa shape index (κ2) is 11.0. The number of rotatable bonds is 10. The SMILES string of the molecule is CCCCOc1ccc(NC(=O)CNc2ccc(C)c(NC(=O)CC)c2)cc1. The summed E-state index contributed by atoms with van der Waals surface area (Å²) in [5.41, 5.74) is 3.20. The number of hydrogen-bond donors (Lipinski definition) is 3. The van der Waals surface area contributed by atoms with Crippen molar-refractivity contribution in [2.45, 2.75) is 40.0 Å². The van der Waals surface area contributed by atoms with Crippen LogP contribution in [0.5, 0.6) is 5.75 Å². The molecule has 0 bridgehead atoms. The molecule has 150 valence electrons. The maximum Gasteiger partial charge on any atom is 0.243 e. The van der Waals surface area contributed by atoms with Crippen LogP contribution in [0.3, 0.4) is 0 Å². The first kappa shape index (κ1) is 21.3. The summed E-state index contributed by atoms with van der Waals surface area (Å²) in [4.78, 5) is 23.8. The molecule has 28 heavy (non-hydrogen) atoms. The van der Waals surface area contributed by atoms with Gasteiger partial charge in [0.25, 0.3) is 0 Å². The van der Waals surface area contributed by atoms with Crippen molar-refractivity contribution in [1.82, 2.24) is 0 Å². The number of amides is 2. The summed E-state index contributed by atoms with van der Waals surface area (Å²) in [6.45, 7) is 6.68. The van der Waals surface area contributed by atoms with Crippen molar-refractivity contribution in [3.8, 4) is 5.75 Å². The minimum Gasteiger partial charge on any atom is -0.494 e. The Kier molecular flexibility index (Phi) is 8.34. The molecule has 0 unspecified atom stereocenters.